The van der Waals surface area contributed by atoms with E-state index in [0.29, 0.717) is 12.1 Å². The zero-order chi connectivity index (χ0) is 14.7. The van der Waals surface area contributed by atoms with E-state index in [-0.39, 0.29) is 0 Å². The van der Waals surface area contributed by atoms with Crippen LogP contribution in [-0.2, 0) is 0 Å². The second-order valence-electron chi connectivity index (χ2n) is 5.40. The predicted octanol–water partition coefficient (Wildman–Crippen LogP) is 3.23. The number of aryl methyl sites for hydroxylation is 1. The van der Waals surface area contributed by atoms with Gasteiger partial charge in [0.2, 0.25) is 0 Å². The van der Waals surface area contributed by atoms with Gasteiger partial charge in [0.25, 0.3) is 0 Å². The lowest BCUT2D eigenvalue weighted by Crippen LogP contribution is -2.21. The number of hydrogen-bond acceptors (Lipinski definition) is 5. The summed E-state index contributed by atoms with van der Waals surface area (Å²) in [7, 11) is 0. The normalized spacial score (nSPS) is 21.2. The van der Waals surface area contributed by atoms with Crippen LogP contribution in [0.15, 0.2) is 30.7 Å². The van der Waals surface area contributed by atoms with Crippen molar-refractivity contribution in [3.05, 3.63) is 40.0 Å². The Bertz CT molecular complexity index is 531. The quantitative estimate of drug-likeness (QED) is 0.779. The van der Waals surface area contributed by atoms with Crippen molar-refractivity contribution in [1.82, 2.24) is 15.0 Å². The minimum Gasteiger partial charge on any atom is -0.367 e. The maximum Gasteiger partial charge on any atom is 0.144 e. The van der Waals surface area contributed by atoms with Crippen molar-refractivity contribution in [3.63, 3.8) is 0 Å². The van der Waals surface area contributed by atoms with Crippen molar-refractivity contribution in [3.8, 4) is 0 Å². The van der Waals surface area contributed by atoms with Crippen LogP contribution in [0, 0.1) is 10.5 Å². The highest BCUT2D eigenvalue weighted by Crippen LogP contribution is 2.24. The third-order valence-corrected chi connectivity index (χ3v) is 4.28. The summed E-state index contributed by atoms with van der Waals surface area (Å²) in [6.45, 7) is 1.94. The van der Waals surface area contributed by atoms with Gasteiger partial charge in [-0.3, -0.25) is 4.98 Å². The topological polar surface area (TPSA) is 62.7 Å². The molecule has 2 N–H and O–H groups in total. The van der Waals surface area contributed by atoms with E-state index < -0.39 is 0 Å². The van der Waals surface area contributed by atoms with Crippen LogP contribution in [0.2, 0.25) is 0 Å². The molecular weight excluding hydrogens is 377 g/mol. The van der Waals surface area contributed by atoms with Crippen molar-refractivity contribution < 1.29 is 0 Å². The molecule has 3 rings (SSSR count). The van der Waals surface area contributed by atoms with Gasteiger partial charge in [0.15, 0.2) is 0 Å². The Kier molecular flexibility index (Phi) is 4.52. The van der Waals surface area contributed by atoms with Crippen molar-refractivity contribution in [2.75, 3.05) is 10.6 Å². The molecule has 0 amide bonds. The Morgan fingerprint density at radius 2 is 1.67 bits per heavy atom. The molecular formula is C15H18IN5. The first-order valence-corrected chi connectivity index (χ1v) is 8.20. The van der Waals surface area contributed by atoms with Crippen LogP contribution in [0.1, 0.15) is 25.0 Å². The zero-order valence-electron chi connectivity index (χ0n) is 11.9. The molecule has 0 aromatic carbocycles. The molecule has 2 aromatic heterocycles. The summed E-state index contributed by atoms with van der Waals surface area (Å²) in [6, 6.07) is 5.02. The van der Waals surface area contributed by atoms with E-state index in [9.17, 15) is 0 Å². The second kappa shape index (κ2) is 6.55. The average Bonchev–Trinajstić information content (AvgIpc) is 2.91. The minimum absolute atomic E-state index is 0.448. The number of halogens is 1. The van der Waals surface area contributed by atoms with Crippen molar-refractivity contribution in [2.45, 2.75) is 38.3 Å². The molecule has 1 fully saturated rings. The maximum atomic E-state index is 4.40. The summed E-state index contributed by atoms with van der Waals surface area (Å²) in [6.07, 6.45) is 8.83. The molecule has 0 unspecified atom stereocenters. The number of nitrogens with one attached hydrogen (secondary N) is 2. The highest BCUT2D eigenvalue weighted by atomic mass is 127. The van der Waals surface area contributed by atoms with Crippen LogP contribution in [0.3, 0.4) is 0 Å². The van der Waals surface area contributed by atoms with Gasteiger partial charge in [-0.1, -0.05) is 0 Å². The van der Waals surface area contributed by atoms with Gasteiger partial charge in [0.05, 0.1) is 18.1 Å². The zero-order valence-corrected chi connectivity index (χ0v) is 14.0. The fourth-order valence-corrected chi connectivity index (χ4v) is 2.91. The number of rotatable bonds is 4. The van der Waals surface area contributed by atoms with Gasteiger partial charge >= 0.3 is 0 Å². The third kappa shape index (κ3) is 4.03. The summed E-state index contributed by atoms with van der Waals surface area (Å²) >= 11 is 2.27. The van der Waals surface area contributed by atoms with Gasteiger partial charge in [0.1, 0.15) is 11.6 Å². The molecule has 0 aliphatic heterocycles. The number of pyridine rings is 1. The smallest absolute Gasteiger partial charge is 0.144 e. The molecule has 21 heavy (non-hydrogen) atoms. The molecule has 0 radical (unpaired) electrons. The Balaban J connectivity index is 1.53. The van der Waals surface area contributed by atoms with Gasteiger partial charge < -0.3 is 10.6 Å². The van der Waals surface area contributed by atoms with E-state index in [1.54, 1.807) is 12.4 Å². The Morgan fingerprint density at radius 1 is 0.952 bits per heavy atom. The van der Waals surface area contributed by atoms with E-state index in [1.165, 1.54) is 0 Å². The first-order chi connectivity index (χ1) is 10.2. The van der Waals surface area contributed by atoms with Crippen LogP contribution in [0.25, 0.3) is 0 Å². The van der Waals surface area contributed by atoms with Gasteiger partial charge in [-0.15, -0.1) is 0 Å². The van der Waals surface area contributed by atoms with Gasteiger partial charge in [-0.2, -0.15) is 0 Å². The summed E-state index contributed by atoms with van der Waals surface area (Å²) in [5, 5.41) is 6.96. The molecule has 1 aliphatic carbocycles. The lowest BCUT2D eigenvalue weighted by atomic mass is 10.2. The highest BCUT2D eigenvalue weighted by Gasteiger charge is 2.25. The van der Waals surface area contributed by atoms with Crippen LogP contribution in [0.4, 0.5) is 11.6 Å². The number of anilines is 2. The number of nitrogens with zero attached hydrogens (tertiary/aromatic N) is 3. The first kappa shape index (κ1) is 14.5. The predicted molar refractivity (Wildman–Crippen MR) is 92.4 cm³/mol. The van der Waals surface area contributed by atoms with E-state index in [0.717, 1.165) is 40.2 Å². The Labute approximate surface area is 138 Å². The number of aromatic nitrogens is 3. The molecule has 6 heteroatoms. The van der Waals surface area contributed by atoms with E-state index in [4.69, 9.17) is 0 Å². The third-order valence-electron chi connectivity index (χ3n) is 3.64. The molecule has 1 saturated carbocycles. The SMILES string of the molecule is Cc1cnc(N[C@H]2CC[C@H](Nc3ccc(I)cn3)C2)cn1. The Hall–Kier alpha value is -1.44. The van der Waals surface area contributed by atoms with Gasteiger partial charge in [-0.25, -0.2) is 9.97 Å². The van der Waals surface area contributed by atoms with E-state index in [2.05, 4.69) is 54.2 Å². The molecule has 5 nitrogen and oxygen atoms in total. The van der Waals surface area contributed by atoms with Crippen molar-refractivity contribution >= 4 is 34.2 Å². The summed E-state index contributed by atoms with van der Waals surface area (Å²) < 4.78 is 1.15. The highest BCUT2D eigenvalue weighted by molar-refractivity contribution is 14.1. The summed E-state index contributed by atoms with van der Waals surface area (Å²) in [4.78, 5) is 13.0. The fourth-order valence-electron chi connectivity index (χ4n) is 2.59. The molecule has 0 saturated heterocycles. The fraction of sp³-hybridized carbons (Fsp3) is 0.400. The monoisotopic (exact) mass is 395 g/mol. The van der Waals surface area contributed by atoms with Crippen molar-refractivity contribution in [1.29, 1.82) is 0 Å². The first-order valence-electron chi connectivity index (χ1n) is 7.12. The molecule has 0 spiro atoms. The summed E-state index contributed by atoms with van der Waals surface area (Å²) in [5.74, 6) is 1.81. The second-order valence-corrected chi connectivity index (χ2v) is 6.65. The molecule has 0 bridgehead atoms. The number of hydrogen-bond donors (Lipinski definition) is 2. The van der Waals surface area contributed by atoms with E-state index >= 15 is 0 Å². The lowest BCUT2D eigenvalue weighted by Gasteiger charge is -2.15. The van der Waals surface area contributed by atoms with Crippen LogP contribution in [-0.4, -0.2) is 27.0 Å². The Morgan fingerprint density at radius 3 is 2.29 bits per heavy atom. The van der Waals surface area contributed by atoms with E-state index in [1.807, 2.05) is 19.2 Å². The molecule has 2 atom stereocenters. The molecule has 2 heterocycles. The summed E-state index contributed by atoms with van der Waals surface area (Å²) in [5.41, 5.74) is 0.941. The molecule has 2 aromatic rings. The lowest BCUT2D eigenvalue weighted by molar-refractivity contribution is 0.719. The van der Waals surface area contributed by atoms with Gasteiger partial charge in [0, 0.05) is 21.9 Å². The van der Waals surface area contributed by atoms with Crippen LogP contribution in [0.5, 0.6) is 0 Å². The van der Waals surface area contributed by atoms with Gasteiger partial charge in [-0.05, 0) is 60.9 Å². The standard InChI is InChI=1S/C15H18IN5/c1-10-7-18-15(9-17-10)21-13-4-3-12(6-13)20-14-5-2-11(16)8-19-14/h2,5,7-9,12-13H,3-4,6H2,1H3,(H,18,21)(H,19,20)/t12-,13-/m0/s1. The molecule has 110 valence electrons. The van der Waals surface area contributed by atoms with Crippen LogP contribution >= 0.6 is 22.6 Å². The maximum absolute atomic E-state index is 4.40. The average molecular weight is 395 g/mol. The van der Waals surface area contributed by atoms with Crippen LogP contribution < -0.4 is 10.6 Å². The van der Waals surface area contributed by atoms with Crippen molar-refractivity contribution in [2.24, 2.45) is 0 Å². The largest absolute Gasteiger partial charge is 0.367 e. The minimum atomic E-state index is 0.448. The molecule has 1 aliphatic rings.